The molecule has 1 saturated heterocycles. The molecule has 3 heterocycles. The molecule has 2 aromatic rings. The molecule has 0 saturated carbocycles. The van der Waals surface area contributed by atoms with Crippen LogP contribution >= 0.6 is 11.8 Å². The highest BCUT2D eigenvalue weighted by Crippen LogP contribution is 2.50. The van der Waals surface area contributed by atoms with Crippen molar-refractivity contribution in [3.05, 3.63) is 59.7 Å². The Balaban J connectivity index is 1.35. The Bertz CT molecular complexity index is 745. The van der Waals surface area contributed by atoms with E-state index in [1.807, 2.05) is 0 Å². The molecule has 0 bridgehead atoms. The van der Waals surface area contributed by atoms with E-state index >= 15 is 0 Å². The molecule has 130 valence electrons. The summed E-state index contributed by atoms with van der Waals surface area (Å²) >= 11 is 2.07. The minimum Gasteiger partial charge on any atom is -0.367 e. The molecular formula is C22H26N2S. The summed E-state index contributed by atoms with van der Waals surface area (Å²) in [5, 5.41) is 0. The molecule has 0 N–H and O–H groups in total. The van der Waals surface area contributed by atoms with Crippen LogP contribution in [0.3, 0.4) is 0 Å². The van der Waals surface area contributed by atoms with E-state index in [1.165, 1.54) is 61.7 Å². The van der Waals surface area contributed by atoms with Gasteiger partial charge in [-0.2, -0.15) is 0 Å². The fraction of sp³-hybridized carbons (Fsp3) is 0.455. The van der Waals surface area contributed by atoms with Crippen molar-refractivity contribution in [3.63, 3.8) is 0 Å². The number of hydrogen-bond donors (Lipinski definition) is 0. The monoisotopic (exact) mass is 350 g/mol. The van der Waals surface area contributed by atoms with Crippen LogP contribution in [0.25, 0.3) is 0 Å². The Morgan fingerprint density at radius 3 is 2.84 bits per heavy atom. The van der Waals surface area contributed by atoms with Crippen molar-refractivity contribution in [1.29, 1.82) is 0 Å². The highest BCUT2D eigenvalue weighted by Gasteiger charge is 2.43. The van der Waals surface area contributed by atoms with E-state index in [2.05, 4.69) is 70.1 Å². The van der Waals surface area contributed by atoms with Crippen LogP contribution in [-0.4, -0.2) is 42.9 Å². The van der Waals surface area contributed by atoms with Gasteiger partial charge in [0.1, 0.15) is 0 Å². The maximum absolute atomic E-state index is 2.77. The number of rotatable bonds is 3. The van der Waals surface area contributed by atoms with Gasteiger partial charge in [0.25, 0.3) is 0 Å². The van der Waals surface area contributed by atoms with Gasteiger partial charge in [-0.15, -0.1) is 11.8 Å². The first-order chi connectivity index (χ1) is 12.4. The number of nitrogens with zero attached hydrogens (tertiary/aromatic N) is 2. The van der Waals surface area contributed by atoms with E-state index in [9.17, 15) is 0 Å². The van der Waals surface area contributed by atoms with E-state index in [1.54, 1.807) is 11.3 Å². The lowest BCUT2D eigenvalue weighted by Gasteiger charge is -2.39. The van der Waals surface area contributed by atoms with E-state index in [0.717, 1.165) is 6.04 Å². The van der Waals surface area contributed by atoms with Gasteiger partial charge in [-0.3, -0.25) is 0 Å². The standard InChI is InChI=1S/C22H26N2S/c1-2-6-17(7-3-1)10-13-23-14-11-20-19(16-23)18-8-4-9-21-22(18)24(20)12-5-15-25-21/h1-4,6-9,19-20H,5,10-16H2/t19-,20-/m1/s1. The first-order valence-corrected chi connectivity index (χ1v) is 10.7. The summed E-state index contributed by atoms with van der Waals surface area (Å²) in [4.78, 5) is 7.00. The Morgan fingerprint density at radius 2 is 1.92 bits per heavy atom. The summed E-state index contributed by atoms with van der Waals surface area (Å²) in [6, 6.07) is 18.7. The summed E-state index contributed by atoms with van der Waals surface area (Å²) < 4.78 is 0. The highest BCUT2D eigenvalue weighted by molar-refractivity contribution is 7.99. The second-order valence-electron chi connectivity index (χ2n) is 7.59. The van der Waals surface area contributed by atoms with Crippen molar-refractivity contribution in [2.45, 2.75) is 36.1 Å². The molecule has 0 spiro atoms. The normalized spacial score (nSPS) is 25.4. The molecule has 0 unspecified atom stereocenters. The van der Waals surface area contributed by atoms with Crippen molar-refractivity contribution in [2.75, 3.05) is 36.8 Å². The van der Waals surface area contributed by atoms with Gasteiger partial charge in [-0.25, -0.2) is 0 Å². The Kier molecular flexibility index (Phi) is 4.23. The van der Waals surface area contributed by atoms with Crippen molar-refractivity contribution in [2.24, 2.45) is 0 Å². The fourth-order valence-corrected chi connectivity index (χ4v) is 5.98. The summed E-state index contributed by atoms with van der Waals surface area (Å²) in [5.74, 6) is 1.98. The van der Waals surface area contributed by atoms with Crippen LogP contribution in [0.5, 0.6) is 0 Å². The van der Waals surface area contributed by atoms with Crippen molar-refractivity contribution >= 4 is 17.4 Å². The highest BCUT2D eigenvalue weighted by atomic mass is 32.2. The van der Waals surface area contributed by atoms with Gasteiger partial charge in [0.2, 0.25) is 0 Å². The lowest BCUT2D eigenvalue weighted by molar-refractivity contribution is 0.195. The molecule has 5 rings (SSSR count). The molecule has 25 heavy (non-hydrogen) atoms. The fourth-order valence-electron chi connectivity index (χ4n) is 4.94. The summed E-state index contributed by atoms with van der Waals surface area (Å²) in [6.45, 7) is 4.93. The third kappa shape index (κ3) is 2.88. The van der Waals surface area contributed by atoms with Crippen LogP contribution < -0.4 is 4.90 Å². The molecule has 0 amide bonds. The molecule has 3 aliphatic heterocycles. The van der Waals surface area contributed by atoms with E-state index in [0.29, 0.717) is 5.92 Å². The third-order valence-electron chi connectivity index (χ3n) is 6.14. The smallest absolute Gasteiger partial charge is 0.0543 e. The molecule has 0 aromatic heterocycles. The number of hydrogen-bond acceptors (Lipinski definition) is 3. The molecule has 0 aliphatic carbocycles. The maximum Gasteiger partial charge on any atom is 0.0543 e. The molecule has 0 radical (unpaired) electrons. The number of para-hydroxylation sites is 1. The first kappa shape index (κ1) is 15.8. The van der Waals surface area contributed by atoms with Crippen LogP contribution in [0.4, 0.5) is 5.69 Å². The third-order valence-corrected chi connectivity index (χ3v) is 7.27. The molecule has 2 nitrogen and oxygen atoms in total. The Labute approximate surface area is 155 Å². The van der Waals surface area contributed by atoms with Gasteiger partial charge in [0.05, 0.1) is 5.69 Å². The number of thioether (sulfide) groups is 1. The Morgan fingerprint density at radius 1 is 1.00 bits per heavy atom. The summed E-state index contributed by atoms with van der Waals surface area (Å²) in [7, 11) is 0. The van der Waals surface area contributed by atoms with Gasteiger partial charge < -0.3 is 9.80 Å². The predicted molar refractivity (Wildman–Crippen MR) is 107 cm³/mol. The number of benzene rings is 2. The van der Waals surface area contributed by atoms with Crippen LogP contribution in [-0.2, 0) is 6.42 Å². The lowest BCUT2D eigenvalue weighted by Crippen LogP contribution is -2.47. The number of fused-ring (bicyclic) bond motifs is 3. The van der Waals surface area contributed by atoms with Crippen LogP contribution in [0.1, 0.15) is 29.9 Å². The second-order valence-corrected chi connectivity index (χ2v) is 8.72. The van der Waals surface area contributed by atoms with Crippen molar-refractivity contribution in [1.82, 2.24) is 4.90 Å². The minimum absolute atomic E-state index is 0.707. The van der Waals surface area contributed by atoms with Gasteiger partial charge in [-0.1, -0.05) is 42.5 Å². The van der Waals surface area contributed by atoms with Gasteiger partial charge >= 0.3 is 0 Å². The maximum atomic E-state index is 2.77. The average molecular weight is 351 g/mol. The summed E-state index contributed by atoms with van der Waals surface area (Å²) in [5.41, 5.74) is 4.68. The van der Waals surface area contributed by atoms with Crippen LogP contribution in [0.15, 0.2) is 53.4 Å². The van der Waals surface area contributed by atoms with Crippen LogP contribution in [0.2, 0.25) is 0 Å². The van der Waals surface area contributed by atoms with Crippen molar-refractivity contribution < 1.29 is 0 Å². The molecule has 1 fully saturated rings. The topological polar surface area (TPSA) is 6.48 Å². The van der Waals surface area contributed by atoms with Gasteiger partial charge in [-0.05, 0) is 42.2 Å². The summed E-state index contributed by atoms with van der Waals surface area (Å²) in [6.07, 6.45) is 3.81. The molecule has 2 aromatic carbocycles. The van der Waals surface area contributed by atoms with E-state index < -0.39 is 0 Å². The van der Waals surface area contributed by atoms with Crippen molar-refractivity contribution in [3.8, 4) is 0 Å². The molecule has 3 heteroatoms. The SMILES string of the molecule is c1ccc(CCN2CC[C@@H]3[C@H](C2)c2cccc4c2N3CCCS4)cc1. The molecular weight excluding hydrogens is 324 g/mol. The zero-order valence-corrected chi connectivity index (χ0v) is 15.5. The van der Waals surface area contributed by atoms with E-state index in [-0.39, 0.29) is 0 Å². The Hall–Kier alpha value is -1.45. The number of piperidine rings is 1. The second kappa shape index (κ2) is 6.69. The van der Waals surface area contributed by atoms with Gasteiger partial charge in [0, 0.05) is 43.0 Å². The minimum atomic E-state index is 0.707. The quantitative estimate of drug-likeness (QED) is 0.810. The zero-order chi connectivity index (χ0) is 16.6. The van der Waals surface area contributed by atoms with E-state index in [4.69, 9.17) is 0 Å². The molecule has 3 aliphatic rings. The lowest BCUT2D eigenvalue weighted by atomic mass is 9.89. The number of likely N-dealkylation sites (tertiary alicyclic amines) is 1. The predicted octanol–water partition coefficient (Wildman–Crippen LogP) is 4.40. The largest absolute Gasteiger partial charge is 0.367 e. The molecule has 2 atom stereocenters. The van der Waals surface area contributed by atoms with Crippen LogP contribution in [0, 0.1) is 0 Å². The first-order valence-electron chi connectivity index (χ1n) is 9.69. The average Bonchev–Trinajstić information content (AvgIpc) is 2.83. The van der Waals surface area contributed by atoms with Gasteiger partial charge in [0.15, 0.2) is 0 Å². The number of anilines is 1. The zero-order valence-electron chi connectivity index (χ0n) is 14.7.